The first-order valence-corrected chi connectivity index (χ1v) is 14.8. The Kier molecular flexibility index (Phi) is 7.82. The van der Waals surface area contributed by atoms with Gasteiger partial charge in [-0.2, -0.15) is 0 Å². The maximum Gasteiger partial charge on any atom is 0.410 e. The normalized spacial score (nSPS) is 15.2. The number of likely N-dealkylation sites (tertiary alicyclic amines) is 1. The van der Waals surface area contributed by atoms with E-state index >= 15 is 0 Å². The maximum absolute atomic E-state index is 13.0. The number of aromatic nitrogens is 3. The van der Waals surface area contributed by atoms with Crippen molar-refractivity contribution in [2.75, 3.05) is 11.9 Å². The predicted molar refractivity (Wildman–Crippen MR) is 151 cm³/mol. The molecule has 0 aliphatic carbocycles. The Bertz CT molecular complexity index is 1550. The first-order valence-electron chi connectivity index (χ1n) is 12.1. The van der Waals surface area contributed by atoms with Crippen LogP contribution in [-0.2, 0) is 28.9 Å². The third-order valence-electron chi connectivity index (χ3n) is 6.50. The summed E-state index contributed by atoms with van der Waals surface area (Å²) in [5, 5.41) is 6.51. The van der Waals surface area contributed by atoms with Crippen LogP contribution < -0.4 is 10.9 Å². The molecular formula is C26H27N5O4S3. The lowest BCUT2D eigenvalue weighted by atomic mass is 10.2. The minimum atomic E-state index is -0.594. The average molecular weight is 570 g/mol. The van der Waals surface area contributed by atoms with Crippen molar-refractivity contribution in [3.8, 4) is 0 Å². The molecule has 38 heavy (non-hydrogen) atoms. The van der Waals surface area contributed by atoms with E-state index in [4.69, 9.17) is 9.72 Å². The van der Waals surface area contributed by atoms with E-state index in [1.807, 2.05) is 49.6 Å². The number of hydrogen-bond donors (Lipinski definition) is 1. The van der Waals surface area contributed by atoms with Crippen LogP contribution in [0, 0.1) is 13.8 Å². The van der Waals surface area contributed by atoms with Crippen LogP contribution in [-0.4, -0.2) is 44.0 Å². The summed E-state index contributed by atoms with van der Waals surface area (Å²) >= 11 is 4.29. The summed E-state index contributed by atoms with van der Waals surface area (Å²) in [7, 11) is 1.73. The monoisotopic (exact) mass is 569 g/mol. The third kappa shape index (κ3) is 5.47. The zero-order chi connectivity index (χ0) is 26.8. The zero-order valence-electron chi connectivity index (χ0n) is 21.2. The number of carbonyl (C=O) groups is 2. The Hall–Kier alpha value is -3.22. The van der Waals surface area contributed by atoms with Crippen LogP contribution >= 0.6 is 34.4 Å². The Labute approximate surface area is 231 Å². The highest BCUT2D eigenvalue weighted by molar-refractivity contribution is 7.98. The lowest BCUT2D eigenvalue weighted by Crippen LogP contribution is -2.43. The molecule has 0 unspecified atom stereocenters. The molecule has 198 valence electrons. The smallest absolute Gasteiger partial charge is 0.410 e. The van der Waals surface area contributed by atoms with Gasteiger partial charge in [0, 0.05) is 29.6 Å². The second-order valence-electron chi connectivity index (χ2n) is 9.04. The fraction of sp³-hybridized carbons (Fsp3) is 0.346. The van der Waals surface area contributed by atoms with Crippen molar-refractivity contribution in [1.82, 2.24) is 19.4 Å². The predicted octanol–water partition coefficient (Wildman–Crippen LogP) is 5.10. The molecule has 0 radical (unpaired) electrons. The number of hydrogen-bond acceptors (Lipinski definition) is 9. The molecule has 1 aliphatic heterocycles. The van der Waals surface area contributed by atoms with Gasteiger partial charge in [0.25, 0.3) is 5.56 Å². The van der Waals surface area contributed by atoms with Crippen LogP contribution in [0.15, 0.2) is 45.7 Å². The molecule has 1 atom stereocenters. The van der Waals surface area contributed by atoms with Gasteiger partial charge in [0.1, 0.15) is 17.5 Å². The zero-order valence-corrected chi connectivity index (χ0v) is 23.7. The number of aryl methyl sites for hydroxylation is 2. The van der Waals surface area contributed by atoms with Gasteiger partial charge in [0.15, 0.2) is 10.3 Å². The molecule has 1 fully saturated rings. The quantitative estimate of drug-likeness (QED) is 0.244. The number of ether oxygens (including phenoxy) is 1. The van der Waals surface area contributed by atoms with Crippen molar-refractivity contribution in [2.24, 2.45) is 7.05 Å². The average Bonchev–Trinajstić information content (AvgIpc) is 3.64. The molecular weight excluding hydrogens is 543 g/mol. The number of benzene rings is 1. The third-order valence-corrected chi connectivity index (χ3v) is 9.47. The van der Waals surface area contributed by atoms with Gasteiger partial charge in [-0.05, 0) is 37.8 Å². The minimum absolute atomic E-state index is 0.0472. The molecule has 9 nitrogen and oxygen atoms in total. The molecule has 0 bridgehead atoms. The van der Waals surface area contributed by atoms with Crippen LogP contribution in [0.5, 0.6) is 0 Å². The highest BCUT2D eigenvalue weighted by atomic mass is 32.2. The van der Waals surface area contributed by atoms with Gasteiger partial charge in [-0.1, -0.05) is 42.1 Å². The number of rotatable bonds is 7. The van der Waals surface area contributed by atoms with E-state index in [1.165, 1.54) is 39.3 Å². The summed E-state index contributed by atoms with van der Waals surface area (Å²) < 4.78 is 7.01. The molecule has 12 heteroatoms. The summed E-state index contributed by atoms with van der Waals surface area (Å²) in [5.74, 6) is 0.230. The Morgan fingerprint density at radius 1 is 1.21 bits per heavy atom. The van der Waals surface area contributed by atoms with E-state index in [0.717, 1.165) is 32.9 Å². The maximum atomic E-state index is 13.0. The van der Waals surface area contributed by atoms with Crippen molar-refractivity contribution >= 4 is 61.8 Å². The molecule has 1 saturated heterocycles. The van der Waals surface area contributed by atoms with Gasteiger partial charge in [0.05, 0.1) is 11.1 Å². The van der Waals surface area contributed by atoms with Crippen LogP contribution in [0.1, 0.15) is 34.5 Å². The van der Waals surface area contributed by atoms with Crippen molar-refractivity contribution in [1.29, 1.82) is 0 Å². The van der Waals surface area contributed by atoms with Crippen molar-refractivity contribution in [2.45, 2.75) is 50.2 Å². The number of thiophene rings is 1. The van der Waals surface area contributed by atoms with E-state index in [1.54, 1.807) is 11.6 Å². The van der Waals surface area contributed by atoms with Gasteiger partial charge in [-0.25, -0.2) is 14.8 Å². The summed E-state index contributed by atoms with van der Waals surface area (Å²) in [6.45, 7) is 4.59. The minimum Gasteiger partial charge on any atom is -0.445 e. The summed E-state index contributed by atoms with van der Waals surface area (Å²) in [6, 6.07) is 8.85. The molecule has 5 rings (SSSR count). The lowest BCUT2D eigenvalue weighted by molar-refractivity contribution is -0.120. The number of amides is 2. The van der Waals surface area contributed by atoms with Gasteiger partial charge in [-0.15, -0.1) is 22.7 Å². The lowest BCUT2D eigenvalue weighted by Gasteiger charge is -2.22. The van der Waals surface area contributed by atoms with Crippen molar-refractivity contribution in [3.05, 3.63) is 67.8 Å². The molecule has 1 N–H and O–H groups in total. The SMILES string of the molecule is Cc1sc2nc(SCc3csc(NC(=O)[C@@H]4CCCN4C(=O)OCc4ccccc4)n3)n(C)c(=O)c2c1C. The molecule has 0 spiro atoms. The number of anilines is 1. The van der Waals surface area contributed by atoms with Crippen LogP contribution in [0.2, 0.25) is 0 Å². The highest BCUT2D eigenvalue weighted by Crippen LogP contribution is 2.30. The molecule has 2 amide bonds. The van der Waals surface area contributed by atoms with Gasteiger partial charge in [-0.3, -0.25) is 19.1 Å². The van der Waals surface area contributed by atoms with Crippen molar-refractivity contribution in [3.63, 3.8) is 0 Å². The molecule has 0 saturated carbocycles. The molecule has 1 aliphatic rings. The largest absolute Gasteiger partial charge is 0.445 e. The van der Waals surface area contributed by atoms with E-state index in [2.05, 4.69) is 10.3 Å². The first kappa shape index (κ1) is 26.4. The van der Waals surface area contributed by atoms with E-state index in [-0.39, 0.29) is 18.1 Å². The van der Waals surface area contributed by atoms with Gasteiger partial charge in [0.2, 0.25) is 5.91 Å². The standard InChI is InChI=1S/C26H27N5O4S3/c1-15-16(2)38-22-20(15)23(33)30(3)25(29-22)37-14-18-13-36-24(27-18)28-21(32)19-10-7-11-31(19)26(34)35-12-17-8-5-4-6-9-17/h4-6,8-9,13,19H,7,10-12,14H2,1-3H3,(H,27,28,32)/t19-/m0/s1. The molecule has 1 aromatic carbocycles. The van der Waals surface area contributed by atoms with E-state index in [0.29, 0.717) is 34.4 Å². The molecule has 4 aromatic rings. The van der Waals surface area contributed by atoms with Crippen LogP contribution in [0.25, 0.3) is 10.2 Å². The Morgan fingerprint density at radius 2 is 2.00 bits per heavy atom. The first-order chi connectivity index (χ1) is 18.3. The second-order valence-corrected chi connectivity index (χ2v) is 12.0. The number of carbonyl (C=O) groups excluding carboxylic acids is 2. The molecule has 3 aromatic heterocycles. The second kappa shape index (κ2) is 11.3. The highest BCUT2D eigenvalue weighted by Gasteiger charge is 2.35. The molecule has 4 heterocycles. The number of nitrogens with zero attached hydrogens (tertiary/aromatic N) is 4. The number of thiazole rings is 1. The van der Waals surface area contributed by atoms with Crippen LogP contribution in [0.4, 0.5) is 9.93 Å². The summed E-state index contributed by atoms with van der Waals surface area (Å²) in [4.78, 5) is 51.0. The van der Waals surface area contributed by atoms with E-state index in [9.17, 15) is 14.4 Å². The van der Waals surface area contributed by atoms with E-state index < -0.39 is 12.1 Å². The number of thioether (sulfide) groups is 1. The van der Waals surface area contributed by atoms with Gasteiger partial charge < -0.3 is 10.1 Å². The Morgan fingerprint density at radius 3 is 2.79 bits per heavy atom. The number of nitrogens with one attached hydrogen (secondary N) is 1. The topological polar surface area (TPSA) is 106 Å². The Balaban J connectivity index is 1.19. The van der Waals surface area contributed by atoms with Gasteiger partial charge >= 0.3 is 6.09 Å². The van der Waals surface area contributed by atoms with Crippen LogP contribution in [0.3, 0.4) is 0 Å². The fourth-order valence-corrected chi connectivity index (χ4v) is 7.06. The number of fused-ring (bicyclic) bond motifs is 1. The fourth-order valence-electron chi connectivity index (χ4n) is 4.30. The summed E-state index contributed by atoms with van der Waals surface area (Å²) in [6.07, 6.45) is 0.816. The van der Waals surface area contributed by atoms with Crippen molar-refractivity contribution < 1.29 is 14.3 Å². The summed E-state index contributed by atoms with van der Waals surface area (Å²) in [5.41, 5.74) is 2.60.